The molecule has 0 saturated heterocycles. The minimum absolute atomic E-state index is 0.000364. The Balaban J connectivity index is 0.000000345. The number of carboxylic acids is 3. The quantitative estimate of drug-likeness (QED) is 0.0323. The monoisotopic (exact) mass is 949 g/mol. The Morgan fingerprint density at radius 1 is 0.388 bits per heavy atom. The number of hydrogen-bond acceptors (Lipinski definition) is 9. The van der Waals surface area contributed by atoms with Crippen molar-refractivity contribution >= 4 is 35.3 Å². The van der Waals surface area contributed by atoms with E-state index in [0.29, 0.717) is 5.78 Å². The molecule has 0 bridgehead atoms. The van der Waals surface area contributed by atoms with Crippen LogP contribution in [-0.2, 0) is 28.8 Å². The topological polar surface area (TPSA) is 224 Å². The van der Waals surface area contributed by atoms with Crippen LogP contribution >= 0.6 is 0 Å². The second-order valence-corrected chi connectivity index (χ2v) is 23.3. The van der Waals surface area contributed by atoms with Gasteiger partial charge in [-0.05, 0) is 149 Å². The van der Waals surface area contributed by atoms with Gasteiger partial charge in [-0.25, -0.2) is 0 Å². The second-order valence-electron chi connectivity index (χ2n) is 23.3. The highest BCUT2D eigenvalue weighted by molar-refractivity contribution is 5.85. The van der Waals surface area contributed by atoms with E-state index in [1.165, 1.54) is 0 Å². The molecule has 3 atom stereocenters. The van der Waals surface area contributed by atoms with E-state index in [2.05, 4.69) is 0 Å². The van der Waals surface area contributed by atoms with Gasteiger partial charge in [0.15, 0.2) is 0 Å². The lowest BCUT2D eigenvalue weighted by atomic mass is 9.66. The molecule has 3 unspecified atom stereocenters. The first kappa shape index (κ1) is 60.4. The van der Waals surface area contributed by atoms with Crippen molar-refractivity contribution in [3.05, 3.63) is 0 Å². The highest BCUT2D eigenvalue weighted by atomic mass is 16.4. The molecule has 4 rings (SSSR count). The Hall–Kier alpha value is -2.70. The van der Waals surface area contributed by atoms with Gasteiger partial charge >= 0.3 is 17.9 Å². The van der Waals surface area contributed by atoms with E-state index in [1.54, 1.807) is 20.8 Å². The van der Waals surface area contributed by atoms with E-state index in [1.807, 2.05) is 27.7 Å². The summed E-state index contributed by atoms with van der Waals surface area (Å²) in [4.78, 5) is 67.7. The lowest BCUT2D eigenvalue weighted by Gasteiger charge is -2.37. The second kappa shape index (κ2) is 28.2. The zero-order chi connectivity index (χ0) is 50.5. The van der Waals surface area contributed by atoms with Crippen LogP contribution in [0.15, 0.2) is 0 Å². The smallest absolute Gasteiger partial charge is 0.309 e. The molecule has 0 spiro atoms. The number of hydrogen-bond donors (Lipinski definition) is 6. The maximum atomic E-state index is 11.5. The SMILES string of the molecule is CC(=O)C(C)(C)CCCCC(O)CCCCC1(C(=O)O)CC1.CC(=O)C(C)(C)CCCCC(O)CCCCC1(C(=O)O)CCC1.CC(=O)C1(CCCCC(O)CCCCC2(C(=O)O)CC2)CC1. The molecule has 6 N–H and O–H groups in total. The highest BCUT2D eigenvalue weighted by Crippen LogP contribution is 2.52. The molecular formula is C55H96O12. The van der Waals surface area contributed by atoms with Gasteiger partial charge in [-0.15, -0.1) is 0 Å². The first-order valence-electron chi connectivity index (χ1n) is 26.6. The van der Waals surface area contributed by atoms with Crippen LogP contribution in [0.2, 0.25) is 0 Å². The van der Waals surface area contributed by atoms with E-state index in [0.717, 1.165) is 212 Å². The summed E-state index contributed by atoms with van der Waals surface area (Å²) in [6.45, 7) is 12.9. The first-order chi connectivity index (χ1) is 31.3. The van der Waals surface area contributed by atoms with Crippen molar-refractivity contribution in [1.29, 1.82) is 0 Å². The van der Waals surface area contributed by atoms with Crippen molar-refractivity contribution in [3.8, 4) is 0 Å². The number of Topliss-reactive ketones (excluding diaryl/α,β-unsaturated/α-hetero) is 3. The molecule has 12 heteroatoms. The number of unbranched alkanes of at least 4 members (excludes halogenated alkanes) is 6. The summed E-state index contributed by atoms with van der Waals surface area (Å²) in [6.07, 6.45) is 28.0. The fourth-order valence-corrected chi connectivity index (χ4v) is 9.60. The van der Waals surface area contributed by atoms with Crippen molar-refractivity contribution < 1.29 is 59.4 Å². The van der Waals surface area contributed by atoms with Gasteiger partial charge in [0.1, 0.15) is 17.3 Å². The molecule has 0 amide bonds. The van der Waals surface area contributed by atoms with Gasteiger partial charge in [0.2, 0.25) is 0 Å². The van der Waals surface area contributed by atoms with E-state index in [4.69, 9.17) is 10.2 Å². The lowest BCUT2D eigenvalue weighted by Crippen LogP contribution is -2.37. The Morgan fingerprint density at radius 3 is 0.821 bits per heavy atom. The molecule has 4 fully saturated rings. The molecule has 0 aromatic heterocycles. The summed E-state index contributed by atoms with van der Waals surface area (Å²) in [7, 11) is 0. The van der Waals surface area contributed by atoms with Crippen molar-refractivity contribution in [2.24, 2.45) is 32.5 Å². The third kappa shape index (κ3) is 21.9. The van der Waals surface area contributed by atoms with Crippen molar-refractivity contribution in [3.63, 3.8) is 0 Å². The van der Waals surface area contributed by atoms with Crippen LogP contribution in [0, 0.1) is 32.5 Å². The molecule has 0 radical (unpaired) electrons. The number of ketones is 3. The number of carbonyl (C=O) groups is 6. The maximum Gasteiger partial charge on any atom is 0.309 e. The van der Waals surface area contributed by atoms with Gasteiger partial charge in [-0.3, -0.25) is 28.8 Å². The number of aliphatic carboxylic acids is 3. The predicted molar refractivity (Wildman–Crippen MR) is 263 cm³/mol. The number of carbonyl (C=O) groups excluding carboxylic acids is 3. The molecule has 0 heterocycles. The lowest BCUT2D eigenvalue weighted by molar-refractivity contribution is -0.155. The Labute approximate surface area is 404 Å². The molecule has 12 nitrogen and oxygen atoms in total. The number of aliphatic hydroxyl groups excluding tert-OH is 3. The average Bonchev–Trinajstić information content (AvgIpc) is 4.12. The summed E-state index contributed by atoms with van der Waals surface area (Å²) < 4.78 is 0. The van der Waals surface area contributed by atoms with Crippen LogP contribution in [0.25, 0.3) is 0 Å². The fourth-order valence-electron chi connectivity index (χ4n) is 9.60. The molecular weight excluding hydrogens is 853 g/mol. The van der Waals surface area contributed by atoms with Crippen LogP contribution in [0.4, 0.5) is 0 Å². The van der Waals surface area contributed by atoms with Crippen molar-refractivity contribution in [2.75, 3.05) is 0 Å². The zero-order valence-corrected chi connectivity index (χ0v) is 43.2. The van der Waals surface area contributed by atoms with E-state index in [-0.39, 0.29) is 46.1 Å². The number of carboxylic acid groups (broad SMARTS) is 3. The van der Waals surface area contributed by atoms with Crippen molar-refractivity contribution in [1.82, 2.24) is 0 Å². The maximum absolute atomic E-state index is 11.5. The van der Waals surface area contributed by atoms with Crippen LogP contribution < -0.4 is 0 Å². The third-order valence-corrected chi connectivity index (χ3v) is 16.8. The van der Waals surface area contributed by atoms with E-state index < -0.39 is 34.2 Å². The summed E-state index contributed by atoms with van der Waals surface area (Å²) >= 11 is 0. The molecule has 0 aliphatic heterocycles. The van der Waals surface area contributed by atoms with Crippen LogP contribution in [0.5, 0.6) is 0 Å². The Kier molecular flexibility index (Phi) is 25.5. The van der Waals surface area contributed by atoms with Crippen molar-refractivity contribution in [2.45, 2.75) is 279 Å². The zero-order valence-electron chi connectivity index (χ0n) is 43.2. The highest BCUT2D eigenvalue weighted by Gasteiger charge is 2.50. The summed E-state index contributed by atoms with van der Waals surface area (Å²) in [6, 6.07) is 0. The minimum atomic E-state index is -0.652. The van der Waals surface area contributed by atoms with Gasteiger partial charge in [0.05, 0.1) is 34.6 Å². The summed E-state index contributed by atoms with van der Waals surface area (Å²) in [5, 5.41) is 57.4. The molecule has 4 aliphatic carbocycles. The third-order valence-electron chi connectivity index (χ3n) is 16.8. The molecule has 388 valence electrons. The minimum Gasteiger partial charge on any atom is -0.481 e. The Morgan fingerprint density at radius 2 is 0.627 bits per heavy atom. The van der Waals surface area contributed by atoms with Gasteiger partial charge in [-0.1, -0.05) is 111 Å². The normalized spacial score (nSPS) is 19.4. The number of aliphatic hydroxyl groups is 3. The summed E-state index contributed by atoms with van der Waals surface area (Å²) in [5.74, 6) is -1.16. The molecule has 0 aromatic rings. The van der Waals surface area contributed by atoms with Crippen LogP contribution in [-0.4, -0.2) is 84.2 Å². The van der Waals surface area contributed by atoms with Crippen LogP contribution in [0.3, 0.4) is 0 Å². The Bertz CT molecular complexity index is 1420. The first-order valence-corrected chi connectivity index (χ1v) is 26.6. The largest absolute Gasteiger partial charge is 0.481 e. The predicted octanol–water partition coefficient (Wildman–Crippen LogP) is 12.0. The van der Waals surface area contributed by atoms with Gasteiger partial charge < -0.3 is 30.6 Å². The van der Waals surface area contributed by atoms with Gasteiger partial charge in [0.25, 0.3) is 0 Å². The number of rotatable bonds is 36. The molecule has 4 saturated carbocycles. The summed E-state index contributed by atoms with van der Waals surface area (Å²) in [5.41, 5.74) is -1.80. The standard InChI is InChI=1S/C19H34O4.C18H30O4.C18H32O4/c1-15(20)18(2,3)11-6-4-9-16(21)10-5-7-12-19(17(22)23)13-8-14-19;1-14(19)17(10-11-17)8-4-2-6-15(20)7-3-5-9-18(12-13-18)16(21)22;1-14(19)17(2,3)10-6-4-8-15(20)9-5-7-11-18(12-13-18)16(21)22/h16,21H,4-14H2,1-3H3,(H,22,23);15,20H,2-13H2,1H3,(H,21,22);15,20H,4-13H2,1-3H3,(H,21,22). The molecule has 67 heavy (non-hydrogen) atoms. The molecule has 4 aliphatic rings. The van der Waals surface area contributed by atoms with E-state index >= 15 is 0 Å². The van der Waals surface area contributed by atoms with Gasteiger partial charge in [0, 0.05) is 16.2 Å². The average molecular weight is 949 g/mol. The van der Waals surface area contributed by atoms with Gasteiger partial charge in [-0.2, -0.15) is 0 Å². The molecule has 0 aromatic carbocycles. The van der Waals surface area contributed by atoms with Crippen LogP contribution in [0.1, 0.15) is 260 Å². The van der Waals surface area contributed by atoms with E-state index in [9.17, 15) is 49.2 Å². The fraction of sp³-hybridized carbons (Fsp3) is 0.891.